The van der Waals surface area contributed by atoms with Crippen LogP contribution in [-0.2, 0) is 34.0 Å². The van der Waals surface area contributed by atoms with Gasteiger partial charge in [-0.1, -0.05) is 91.0 Å². The second-order valence-electron chi connectivity index (χ2n) is 7.35. The van der Waals surface area contributed by atoms with Crippen molar-refractivity contribution in [1.29, 1.82) is 0 Å². The summed E-state index contributed by atoms with van der Waals surface area (Å²) in [7, 11) is 0. The first-order valence-electron chi connectivity index (χ1n) is 10.5. The highest BCUT2D eigenvalue weighted by atomic mass is 16.6. The highest BCUT2D eigenvalue weighted by Crippen LogP contribution is 2.16. The van der Waals surface area contributed by atoms with Gasteiger partial charge in [-0.3, -0.25) is 0 Å². The van der Waals surface area contributed by atoms with Crippen molar-refractivity contribution in [3.05, 3.63) is 108 Å². The Balaban J connectivity index is 1.61. The molecule has 0 radical (unpaired) electrons. The van der Waals surface area contributed by atoms with Crippen LogP contribution in [-0.4, -0.2) is 41.7 Å². The highest BCUT2D eigenvalue weighted by Gasteiger charge is 2.30. The molecule has 0 amide bonds. The first-order valence-corrected chi connectivity index (χ1v) is 10.5. The molecule has 0 saturated heterocycles. The molecule has 5 heteroatoms. The molecule has 0 aliphatic carbocycles. The van der Waals surface area contributed by atoms with E-state index >= 15 is 0 Å². The molecule has 3 aromatic rings. The van der Waals surface area contributed by atoms with Crippen molar-refractivity contribution in [2.75, 3.05) is 13.2 Å². The number of aliphatic hydroxyl groups excluding tert-OH is 2. The molecule has 31 heavy (non-hydrogen) atoms. The number of hydrogen-bond acceptors (Lipinski definition) is 5. The molecule has 2 N–H and O–H groups in total. The summed E-state index contributed by atoms with van der Waals surface area (Å²) in [5, 5.41) is 20.8. The summed E-state index contributed by atoms with van der Waals surface area (Å²) in [5.41, 5.74) is 2.98. The van der Waals surface area contributed by atoms with Crippen molar-refractivity contribution in [2.24, 2.45) is 0 Å². The Kier molecular flexibility index (Phi) is 9.70. The Bertz CT molecular complexity index is 841. The molecule has 0 spiro atoms. The molecule has 3 rings (SSSR count). The van der Waals surface area contributed by atoms with Gasteiger partial charge in [0.2, 0.25) is 0 Å². The van der Waals surface area contributed by atoms with E-state index in [-0.39, 0.29) is 13.2 Å². The lowest BCUT2D eigenvalue weighted by atomic mass is 10.1. The van der Waals surface area contributed by atoms with Gasteiger partial charge in [0.25, 0.3) is 0 Å². The van der Waals surface area contributed by atoms with E-state index in [1.54, 1.807) is 0 Å². The van der Waals surface area contributed by atoms with Crippen molar-refractivity contribution in [1.82, 2.24) is 0 Å². The van der Waals surface area contributed by atoms with Gasteiger partial charge in [-0.15, -0.1) is 0 Å². The summed E-state index contributed by atoms with van der Waals surface area (Å²) < 4.78 is 17.6. The zero-order valence-corrected chi connectivity index (χ0v) is 17.5. The van der Waals surface area contributed by atoms with Crippen LogP contribution in [0.5, 0.6) is 0 Å². The predicted octanol–water partition coefficient (Wildman–Crippen LogP) is 3.73. The Hall–Kier alpha value is -2.54. The van der Waals surface area contributed by atoms with Crippen LogP contribution in [0.2, 0.25) is 0 Å². The Morgan fingerprint density at radius 2 is 1.06 bits per heavy atom. The minimum absolute atomic E-state index is 0.0690. The molecule has 0 fully saturated rings. The zero-order chi connectivity index (χ0) is 21.7. The normalized spacial score (nSPS) is 14.1. The van der Waals surface area contributed by atoms with Gasteiger partial charge in [-0.25, -0.2) is 0 Å². The van der Waals surface area contributed by atoms with Gasteiger partial charge in [-0.05, 0) is 16.7 Å². The number of ether oxygens (including phenoxy) is 3. The topological polar surface area (TPSA) is 68.2 Å². The lowest BCUT2D eigenvalue weighted by molar-refractivity contribution is -0.157. The van der Waals surface area contributed by atoms with Crippen molar-refractivity contribution in [3.63, 3.8) is 0 Å². The first kappa shape index (κ1) is 23.1. The second kappa shape index (κ2) is 13.0. The first-order chi connectivity index (χ1) is 15.3. The smallest absolute Gasteiger partial charge is 0.114 e. The number of rotatable bonds is 13. The van der Waals surface area contributed by atoms with Gasteiger partial charge in [0, 0.05) is 0 Å². The molecular weight excluding hydrogens is 392 g/mol. The third kappa shape index (κ3) is 7.90. The van der Waals surface area contributed by atoms with Crippen LogP contribution >= 0.6 is 0 Å². The van der Waals surface area contributed by atoms with Crippen LogP contribution in [0.3, 0.4) is 0 Å². The minimum atomic E-state index is -0.958. The summed E-state index contributed by atoms with van der Waals surface area (Å²) in [5.74, 6) is 0. The summed E-state index contributed by atoms with van der Waals surface area (Å²) >= 11 is 0. The monoisotopic (exact) mass is 422 g/mol. The van der Waals surface area contributed by atoms with E-state index < -0.39 is 18.3 Å². The van der Waals surface area contributed by atoms with Gasteiger partial charge < -0.3 is 24.4 Å². The lowest BCUT2D eigenvalue weighted by Gasteiger charge is -2.30. The molecule has 3 aromatic carbocycles. The maximum Gasteiger partial charge on any atom is 0.114 e. The van der Waals surface area contributed by atoms with Crippen LogP contribution in [0.1, 0.15) is 16.7 Å². The van der Waals surface area contributed by atoms with Gasteiger partial charge >= 0.3 is 0 Å². The number of aliphatic hydroxyl groups is 2. The van der Waals surface area contributed by atoms with Crippen molar-refractivity contribution in [2.45, 2.75) is 38.1 Å². The second-order valence-corrected chi connectivity index (χ2v) is 7.35. The van der Waals surface area contributed by atoms with Gasteiger partial charge in [0.1, 0.15) is 18.3 Å². The summed E-state index contributed by atoms with van der Waals surface area (Å²) in [6.45, 7) is 0.793. The average molecular weight is 423 g/mol. The zero-order valence-electron chi connectivity index (χ0n) is 17.5. The third-order valence-corrected chi connectivity index (χ3v) is 4.92. The number of hydrogen-bond donors (Lipinski definition) is 2. The van der Waals surface area contributed by atoms with Crippen LogP contribution in [0.15, 0.2) is 91.0 Å². The summed E-state index contributed by atoms with van der Waals surface area (Å²) in [4.78, 5) is 0. The lowest BCUT2D eigenvalue weighted by Crippen LogP contribution is -2.45. The van der Waals surface area contributed by atoms with Gasteiger partial charge in [0.05, 0.1) is 33.0 Å². The average Bonchev–Trinajstić information content (AvgIpc) is 2.83. The molecule has 0 unspecified atom stereocenters. The molecule has 0 aliphatic rings. The van der Waals surface area contributed by atoms with E-state index in [1.165, 1.54) is 0 Å². The molecular formula is C26H30O5. The quantitative estimate of drug-likeness (QED) is 0.439. The molecule has 164 valence electrons. The van der Waals surface area contributed by atoms with E-state index in [1.807, 2.05) is 91.0 Å². The molecule has 0 saturated carbocycles. The molecule has 5 nitrogen and oxygen atoms in total. The number of benzene rings is 3. The standard InChI is InChI=1S/C26H30O5/c27-16-25(30-18-22-12-6-2-7-13-22)26(31-19-23-14-8-3-9-15-23)24(28)20-29-17-21-10-4-1-5-11-21/h1-15,24-28H,16-20H2/t24-,25+,26-/m0/s1. The molecule has 0 aliphatic heterocycles. The summed E-state index contributed by atoms with van der Waals surface area (Å²) in [6, 6.07) is 29.2. The third-order valence-electron chi connectivity index (χ3n) is 4.92. The molecule has 3 atom stereocenters. The van der Waals surface area contributed by atoms with Crippen LogP contribution in [0.4, 0.5) is 0 Å². The largest absolute Gasteiger partial charge is 0.394 e. The predicted molar refractivity (Wildman–Crippen MR) is 119 cm³/mol. The van der Waals surface area contributed by atoms with Gasteiger partial charge in [-0.2, -0.15) is 0 Å². The van der Waals surface area contributed by atoms with Crippen LogP contribution < -0.4 is 0 Å². The Labute approximate surface area is 183 Å². The summed E-state index contributed by atoms with van der Waals surface area (Å²) in [6.07, 6.45) is -2.40. The highest BCUT2D eigenvalue weighted by molar-refractivity contribution is 5.15. The minimum Gasteiger partial charge on any atom is -0.394 e. The van der Waals surface area contributed by atoms with E-state index in [0.717, 1.165) is 16.7 Å². The maximum absolute atomic E-state index is 10.8. The van der Waals surface area contributed by atoms with E-state index in [9.17, 15) is 10.2 Å². The van der Waals surface area contributed by atoms with E-state index in [2.05, 4.69) is 0 Å². The van der Waals surface area contributed by atoms with Crippen molar-refractivity contribution in [3.8, 4) is 0 Å². The molecule has 0 heterocycles. The van der Waals surface area contributed by atoms with E-state index in [0.29, 0.717) is 19.8 Å². The fraction of sp³-hybridized carbons (Fsp3) is 0.308. The van der Waals surface area contributed by atoms with Crippen molar-refractivity contribution >= 4 is 0 Å². The van der Waals surface area contributed by atoms with Gasteiger partial charge in [0.15, 0.2) is 0 Å². The van der Waals surface area contributed by atoms with Crippen LogP contribution in [0, 0.1) is 0 Å². The molecule has 0 bridgehead atoms. The fourth-order valence-corrected chi connectivity index (χ4v) is 3.23. The Morgan fingerprint density at radius 1 is 0.613 bits per heavy atom. The SMILES string of the molecule is OC[C@@H](OCc1ccccc1)[C@@H](OCc1ccccc1)[C@@H](O)COCc1ccccc1. The fourth-order valence-electron chi connectivity index (χ4n) is 3.23. The van der Waals surface area contributed by atoms with E-state index in [4.69, 9.17) is 14.2 Å². The Morgan fingerprint density at radius 3 is 1.55 bits per heavy atom. The maximum atomic E-state index is 10.8. The van der Waals surface area contributed by atoms with Crippen LogP contribution in [0.25, 0.3) is 0 Å². The molecule has 0 aromatic heterocycles. The van der Waals surface area contributed by atoms with Crippen molar-refractivity contribution < 1.29 is 24.4 Å².